The van der Waals surface area contributed by atoms with E-state index < -0.39 is 35.6 Å². The highest BCUT2D eigenvalue weighted by Crippen LogP contribution is 2.22. The van der Waals surface area contributed by atoms with Gasteiger partial charge in [0.25, 0.3) is 5.91 Å². The summed E-state index contributed by atoms with van der Waals surface area (Å²) in [6, 6.07) is 3.01. The maximum Gasteiger partial charge on any atom is 0.254 e. The Morgan fingerprint density at radius 1 is 1.14 bits per heavy atom. The zero-order valence-electron chi connectivity index (χ0n) is 21.6. The number of hydrogen-bond donors (Lipinski definition) is 3. The van der Waals surface area contributed by atoms with Gasteiger partial charge in [0.05, 0.1) is 5.60 Å². The number of methoxy groups -OCH3 is 1. The average Bonchev–Trinajstić information content (AvgIpc) is 3.23. The number of anilines is 1. The number of nitrogens with zero attached hydrogens (tertiary/aromatic N) is 1. The van der Waals surface area contributed by atoms with Crippen molar-refractivity contribution in [1.82, 2.24) is 10.5 Å². The van der Waals surface area contributed by atoms with Gasteiger partial charge in [0.1, 0.15) is 23.4 Å². The number of halogens is 2. The molecule has 1 aromatic carbocycles. The smallest absolute Gasteiger partial charge is 0.254 e. The van der Waals surface area contributed by atoms with Crippen LogP contribution in [0.3, 0.4) is 0 Å². The first-order chi connectivity index (χ1) is 16.9. The van der Waals surface area contributed by atoms with Crippen LogP contribution in [0, 0.1) is 17.6 Å². The molecular weight excluding hydrogens is 472 g/mol. The van der Waals surface area contributed by atoms with E-state index in [1.807, 2.05) is 6.92 Å². The summed E-state index contributed by atoms with van der Waals surface area (Å²) < 4.78 is 37.7. The van der Waals surface area contributed by atoms with Crippen LogP contribution in [0.2, 0.25) is 0 Å². The lowest BCUT2D eigenvalue weighted by Crippen LogP contribution is -2.45. The van der Waals surface area contributed by atoms with Crippen molar-refractivity contribution in [2.45, 2.75) is 84.0 Å². The number of carbonyl (C=O) groups excluding carboxylic acids is 2. The molecule has 36 heavy (non-hydrogen) atoms. The van der Waals surface area contributed by atoms with Gasteiger partial charge in [0, 0.05) is 25.7 Å². The lowest BCUT2D eigenvalue weighted by atomic mass is 9.94. The number of hydrogen-bond acceptors (Lipinski definition) is 6. The van der Waals surface area contributed by atoms with Crippen LogP contribution >= 0.6 is 0 Å². The van der Waals surface area contributed by atoms with Crippen molar-refractivity contribution in [2.24, 2.45) is 5.92 Å². The molecule has 8 nitrogen and oxygen atoms in total. The number of carbonyl (C=O) groups is 2. The molecular formula is C26H37F2N3O5. The number of aromatic nitrogens is 1. The Balaban J connectivity index is 1.93. The highest BCUT2D eigenvalue weighted by molar-refractivity contribution is 5.97. The first-order valence-electron chi connectivity index (χ1n) is 12.2. The lowest BCUT2D eigenvalue weighted by Gasteiger charge is -2.23. The third-order valence-corrected chi connectivity index (χ3v) is 6.05. The van der Waals surface area contributed by atoms with Crippen molar-refractivity contribution in [3.8, 4) is 0 Å². The Morgan fingerprint density at radius 2 is 1.81 bits per heavy atom. The fourth-order valence-corrected chi connectivity index (χ4v) is 3.80. The van der Waals surface area contributed by atoms with Gasteiger partial charge < -0.3 is 25.0 Å². The van der Waals surface area contributed by atoms with Crippen LogP contribution in [0.1, 0.15) is 77.2 Å². The standard InChI is InChI=1S/C26H37F2N3O5/c1-6-8-21(29-25(34)23(32)17-12-18(27)14-19(28)13-17)24(33)30-22-15-20(36-31-22)11-16(2)9-7-10-26(3,4)35-5/h12-16,21,23,32H,6-11H2,1-5H3,(H,29,34)(H,30,31,33)/t16?,21?,23-/m0/s1. The minimum Gasteiger partial charge on any atom is -0.379 e. The topological polar surface area (TPSA) is 114 Å². The Morgan fingerprint density at radius 3 is 2.42 bits per heavy atom. The van der Waals surface area contributed by atoms with E-state index in [-0.39, 0.29) is 23.4 Å². The zero-order valence-corrected chi connectivity index (χ0v) is 21.6. The molecule has 0 spiro atoms. The quantitative estimate of drug-likeness (QED) is 0.341. The van der Waals surface area contributed by atoms with Crippen LogP contribution in [0.25, 0.3) is 0 Å². The van der Waals surface area contributed by atoms with E-state index in [2.05, 4.69) is 36.6 Å². The number of amides is 2. The summed E-state index contributed by atoms with van der Waals surface area (Å²) in [4.78, 5) is 25.3. The molecule has 0 fully saturated rings. The molecule has 2 aromatic rings. The van der Waals surface area contributed by atoms with Gasteiger partial charge in [0.2, 0.25) is 5.91 Å². The molecule has 2 rings (SSSR count). The van der Waals surface area contributed by atoms with Crippen LogP contribution < -0.4 is 10.6 Å². The third-order valence-electron chi connectivity index (χ3n) is 6.05. The van der Waals surface area contributed by atoms with Crippen LogP contribution in [0.15, 0.2) is 28.8 Å². The van der Waals surface area contributed by atoms with E-state index in [0.717, 1.165) is 31.4 Å². The maximum absolute atomic E-state index is 13.4. The zero-order chi connectivity index (χ0) is 26.9. The van der Waals surface area contributed by atoms with Gasteiger partial charge in [-0.2, -0.15) is 0 Å². The number of benzene rings is 1. The number of aliphatic hydroxyl groups excluding tert-OH is 1. The third kappa shape index (κ3) is 9.31. The molecule has 2 unspecified atom stereocenters. The predicted molar refractivity (Wildman–Crippen MR) is 131 cm³/mol. The minimum atomic E-state index is -1.84. The maximum atomic E-state index is 13.4. The van der Waals surface area contributed by atoms with Crippen molar-refractivity contribution < 1.29 is 32.7 Å². The summed E-state index contributed by atoms with van der Waals surface area (Å²) >= 11 is 0. The summed E-state index contributed by atoms with van der Waals surface area (Å²) in [5, 5.41) is 19.2. The molecule has 0 aliphatic carbocycles. The Labute approximate surface area is 210 Å². The number of rotatable bonds is 14. The van der Waals surface area contributed by atoms with Crippen molar-refractivity contribution in [2.75, 3.05) is 12.4 Å². The van der Waals surface area contributed by atoms with Crippen molar-refractivity contribution in [3.63, 3.8) is 0 Å². The molecule has 2 amide bonds. The Hall–Kier alpha value is -2.85. The first kappa shape index (κ1) is 29.4. The second-order valence-corrected chi connectivity index (χ2v) is 9.79. The van der Waals surface area contributed by atoms with Crippen LogP contribution in [-0.2, 0) is 20.7 Å². The Bertz CT molecular complexity index is 991. The largest absolute Gasteiger partial charge is 0.379 e. The van der Waals surface area contributed by atoms with E-state index in [1.165, 1.54) is 0 Å². The predicted octanol–water partition coefficient (Wildman–Crippen LogP) is 4.68. The first-order valence-corrected chi connectivity index (χ1v) is 12.2. The van der Waals surface area contributed by atoms with Gasteiger partial charge in [-0.05, 0) is 50.3 Å². The van der Waals surface area contributed by atoms with Crippen molar-refractivity contribution in [3.05, 3.63) is 47.2 Å². The fraction of sp³-hybridized carbons (Fsp3) is 0.577. The van der Waals surface area contributed by atoms with Gasteiger partial charge in [-0.1, -0.05) is 38.3 Å². The molecule has 3 N–H and O–H groups in total. The monoisotopic (exact) mass is 509 g/mol. The van der Waals surface area contributed by atoms with E-state index >= 15 is 0 Å². The van der Waals surface area contributed by atoms with E-state index in [9.17, 15) is 23.5 Å². The summed E-state index contributed by atoms with van der Waals surface area (Å²) in [5.74, 6) is -2.15. The summed E-state index contributed by atoms with van der Waals surface area (Å²) in [6.07, 6.45) is 2.59. The molecule has 3 atom stereocenters. The van der Waals surface area contributed by atoms with Crippen LogP contribution in [0.5, 0.6) is 0 Å². The summed E-state index contributed by atoms with van der Waals surface area (Å²) in [5.41, 5.74) is -0.404. The van der Waals surface area contributed by atoms with Crippen molar-refractivity contribution in [1.29, 1.82) is 0 Å². The fourth-order valence-electron chi connectivity index (χ4n) is 3.80. The SMILES string of the molecule is CCCC(NC(=O)[C@@H](O)c1cc(F)cc(F)c1)C(=O)Nc1cc(CC(C)CCCC(C)(C)OC)on1. The summed E-state index contributed by atoms with van der Waals surface area (Å²) in [7, 11) is 1.71. The van der Waals surface area contributed by atoms with Gasteiger partial charge in [-0.25, -0.2) is 8.78 Å². The minimum absolute atomic E-state index is 0.155. The average molecular weight is 510 g/mol. The summed E-state index contributed by atoms with van der Waals surface area (Å²) in [6.45, 7) is 8.05. The molecule has 1 aromatic heterocycles. The highest BCUT2D eigenvalue weighted by atomic mass is 19.1. The molecule has 0 aliphatic heterocycles. The molecule has 0 saturated heterocycles. The van der Waals surface area contributed by atoms with Gasteiger partial charge in [0.15, 0.2) is 11.9 Å². The van der Waals surface area contributed by atoms with Gasteiger partial charge >= 0.3 is 0 Å². The second-order valence-electron chi connectivity index (χ2n) is 9.79. The van der Waals surface area contributed by atoms with Crippen molar-refractivity contribution >= 4 is 17.6 Å². The molecule has 1 heterocycles. The van der Waals surface area contributed by atoms with E-state index in [1.54, 1.807) is 13.2 Å². The van der Waals surface area contributed by atoms with E-state index in [4.69, 9.17) is 9.26 Å². The molecule has 10 heteroatoms. The lowest BCUT2D eigenvalue weighted by molar-refractivity contribution is -0.133. The normalized spacial score (nSPS) is 14.2. The number of nitrogens with one attached hydrogen (secondary N) is 2. The number of aliphatic hydroxyl groups is 1. The van der Waals surface area contributed by atoms with E-state index in [0.29, 0.717) is 30.6 Å². The van der Waals surface area contributed by atoms with Crippen LogP contribution in [0.4, 0.5) is 14.6 Å². The molecule has 200 valence electrons. The molecule has 0 saturated carbocycles. The second kappa shape index (κ2) is 13.5. The van der Waals surface area contributed by atoms with Crippen LogP contribution in [-0.4, -0.2) is 40.8 Å². The van der Waals surface area contributed by atoms with Gasteiger partial charge in [-0.3, -0.25) is 9.59 Å². The number of ether oxygens (including phenoxy) is 1. The van der Waals surface area contributed by atoms with Gasteiger partial charge in [-0.15, -0.1) is 0 Å². The molecule has 0 radical (unpaired) electrons. The molecule has 0 aliphatic rings. The highest BCUT2D eigenvalue weighted by Gasteiger charge is 2.26. The Kier molecular flexibility index (Phi) is 11.0. The molecule has 0 bridgehead atoms.